The van der Waals surface area contributed by atoms with Crippen LogP contribution in [-0.4, -0.2) is 32.7 Å². The monoisotopic (exact) mass is 466 g/mol. The first-order valence-corrected chi connectivity index (χ1v) is 9.59. The molecule has 0 aliphatic rings. The van der Waals surface area contributed by atoms with Crippen molar-refractivity contribution in [2.45, 2.75) is 0 Å². The van der Waals surface area contributed by atoms with E-state index in [2.05, 4.69) is 25.9 Å². The van der Waals surface area contributed by atoms with Gasteiger partial charge in [0.25, 0.3) is 5.69 Å². The fraction of sp³-hybridized carbons (Fsp3) is 0.0476. The summed E-state index contributed by atoms with van der Waals surface area (Å²) in [5.74, 6) is 0.874. The number of phenols is 1. The lowest BCUT2D eigenvalue weighted by Crippen LogP contribution is -1.90. The van der Waals surface area contributed by atoms with Gasteiger partial charge in [-0.25, -0.2) is 9.98 Å². The van der Waals surface area contributed by atoms with Crippen LogP contribution in [-0.2, 0) is 0 Å². The highest BCUT2D eigenvalue weighted by molar-refractivity contribution is 9.10. The summed E-state index contributed by atoms with van der Waals surface area (Å²) in [6.07, 6.45) is 3.39. The van der Waals surface area contributed by atoms with Crippen molar-refractivity contribution in [3.05, 3.63) is 80.9 Å². The van der Waals surface area contributed by atoms with Gasteiger partial charge in [-0.3, -0.25) is 14.5 Å². The summed E-state index contributed by atoms with van der Waals surface area (Å²) < 4.78 is 7.86. The Kier molecular flexibility index (Phi) is 5.20. The van der Waals surface area contributed by atoms with Crippen molar-refractivity contribution in [2.24, 2.45) is 4.99 Å². The van der Waals surface area contributed by atoms with E-state index >= 15 is 0 Å². The van der Waals surface area contributed by atoms with Crippen LogP contribution < -0.4 is 4.74 Å². The summed E-state index contributed by atoms with van der Waals surface area (Å²) in [7, 11) is 1.47. The number of nitro groups is 1. The molecule has 9 heteroatoms. The van der Waals surface area contributed by atoms with Gasteiger partial charge in [-0.1, -0.05) is 12.1 Å². The molecule has 1 N–H and O–H groups in total. The van der Waals surface area contributed by atoms with E-state index < -0.39 is 4.92 Å². The van der Waals surface area contributed by atoms with Crippen molar-refractivity contribution in [3.63, 3.8) is 0 Å². The summed E-state index contributed by atoms with van der Waals surface area (Å²) in [4.78, 5) is 19.8. The molecule has 0 unspecified atom stereocenters. The van der Waals surface area contributed by atoms with Crippen LogP contribution in [0.25, 0.3) is 16.9 Å². The molecule has 0 saturated heterocycles. The second-order valence-electron chi connectivity index (χ2n) is 6.36. The third-order valence-corrected chi connectivity index (χ3v) is 4.90. The van der Waals surface area contributed by atoms with Crippen molar-refractivity contribution < 1.29 is 14.8 Å². The number of benzene rings is 2. The number of pyridine rings is 1. The lowest BCUT2D eigenvalue weighted by Gasteiger charge is -2.06. The SMILES string of the molecule is COc1cc(-c2nc3ccc(Br)cn3c2N=Cc2cccc([N+](=O)[O-])c2)ccc1O. The highest BCUT2D eigenvalue weighted by atomic mass is 79.9. The molecule has 0 fully saturated rings. The molecule has 0 saturated carbocycles. The summed E-state index contributed by atoms with van der Waals surface area (Å²) in [5, 5.41) is 20.9. The number of ether oxygens (including phenoxy) is 1. The van der Waals surface area contributed by atoms with Crippen LogP contribution in [0.15, 0.2) is 70.3 Å². The van der Waals surface area contributed by atoms with E-state index in [-0.39, 0.29) is 11.4 Å². The van der Waals surface area contributed by atoms with Gasteiger partial charge in [-0.15, -0.1) is 0 Å². The van der Waals surface area contributed by atoms with Crippen LogP contribution in [0.5, 0.6) is 11.5 Å². The molecule has 0 spiro atoms. The number of halogens is 1. The third-order valence-electron chi connectivity index (χ3n) is 4.43. The Morgan fingerprint density at radius 1 is 1.23 bits per heavy atom. The Morgan fingerprint density at radius 2 is 2.07 bits per heavy atom. The number of rotatable bonds is 5. The molecular formula is C21H15BrN4O4. The summed E-state index contributed by atoms with van der Waals surface area (Å²) in [5.41, 5.74) is 2.53. The number of imidazole rings is 1. The largest absolute Gasteiger partial charge is 0.504 e. The van der Waals surface area contributed by atoms with E-state index in [1.54, 1.807) is 30.5 Å². The average Bonchev–Trinajstić information content (AvgIpc) is 3.10. The van der Waals surface area contributed by atoms with Gasteiger partial charge < -0.3 is 9.84 Å². The Bertz CT molecular complexity index is 1300. The molecule has 4 aromatic rings. The summed E-state index contributed by atoms with van der Waals surface area (Å²) >= 11 is 3.46. The zero-order chi connectivity index (χ0) is 21.3. The van der Waals surface area contributed by atoms with Crippen LogP contribution >= 0.6 is 15.9 Å². The second-order valence-corrected chi connectivity index (χ2v) is 7.27. The molecule has 0 bridgehead atoms. The fourth-order valence-corrected chi connectivity index (χ4v) is 3.34. The fourth-order valence-electron chi connectivity index (χ4n) is 3.00. The average molecular weight is 467 g/mol. The Hall–Kier alpha value is -3.72. The number of non-ortho nitro benzene ring substituents is 1. The van der Waals surface area contributed by atoms with E-state index in [4.69, 9.17) is 4.74 Å². The minimum atomic E-state index is -0.448. The number of nitrogens with zero attached hydrogens (tertiary/aromatic N) is 4. The summed E-state index contributed by atoms with van der Waals surface area (Å²) in [6.45, 7) is 0. The molecule has 4 rings (SSSR count). The maximum absolute atomic E-state index is 11.0. The molecule has 2 heterocycles. The minimum Gasteiger partial charge on any atom is -0.504 e. The molecule has 0 radical (unpaired) electrons. The van der Waals surface area contributed by atoms with Crippen LogP contribution in [0.1, 0.15) is 5.56 Å². The summed E-state index contributed by atoms with van der Waals surface area (Å²) in [6, 6.07) is 14.9. The second kappa shape index (κ2) is 7.96. The van der Waals surface area contributed by atoms with Crippen molar-refractivity contribution in [1.82, 2.24) is 9.38 Å². The van der Waals surface area contributed by atoms with Crippen LogP contribution in [0.3, 0.4) is 0 Å². The lowest BCUT2D eigenvalue weighted by molar-refractivity contribution is -0.384. The number of methoxy groups -OCH3 is 1. The maximum atomic E-state index is 11.0. The molecule has 2 aromatic carbocycles. The standard InChI is InChI=1S/C21H15BrN4O4/c1-30-18-10-14(5-7-17(18)27)20-21(25-12-15(22)6-8-19(25)24-20)23-11-13-3-2-4-16(9-13)26(28)29/h2-12,27H,1H3. The predicted octanol–water partition coefficient (Wildman–Crippen LogP) is 5.14. The van der Waals surface area contributed by atoms with E-state index in [9.17, 15) is 15.2 Å². The molecular weight excluding hydrogens is 452 g/mol. The maximum Gasteiger partial charge on any atom is 0.270 e. The number of aromatic nitrogens is 2. The van der Waals surface area contributed by atoms with Gasteiger partial charge in [0.1, 0.15) is 11.3 Å². The molecule has 30 heavy (non-hydrogen) atoms. The highest BCUT2D eigenvalue weighted by Crippen LogP contribution is 2.36. The molecule has 0 atom stereocenters. The number of hydrogen-bond acceptors (Lipinski definition) is 6. The van der Waals surface area contributed by atoms with E-state index in [1.807, 2.05) is 22.7 Å². The highest BCUT2D eigenvalue weighted by Gasteiger charge is 2.16. The van der Waals surface area contributed by atoms with Crippen molar-refractivity contribution in [3.8, 4) is 22.8 Å². The van der Waals surface area contributed by atoms with Gasteiger partial charge in [0.05, 0.1) is 12.0 Å². The smallest absolute Gasteiger partial charge is 0.270 e. The Morgan fingerprint density at radius 3 is 2.83 bits per heavy atom. The molecule has 8 nitrogen and oxygen atoms in total. The lowest BCUT2D eigenvalue weighted by atomic mass is 10.1. The zero-order valence-corrected chi connectivity index (χ0v) is 17.3. The molecule has 2 aromatic heterocycles. The molecule has 0 amide bonds. The molecule has 150 valence electrons. The van der Waals surface area contributed by atoms with Gasteiger partial charge >= 0.3 is 0 Å². The van der Waals surface area contributed by atoms with Gasteiger partial charge in [-0.05, 0) is 51.8 Å². The number of aromatic hydroxyl groups is 1. The van der Waals surface area contributed by atoms with Crippen LogP contribution in [0.2, 0.25) is 0 Å². The molecule has 0 aliphatic heterocycles. The van der Waals surface area contributed by atoms with Crippen LogP contribution in [0.4, 0.5) is 11.5 Å². The van der Waals surface area contributed by atoms with E-state index in [1.165, 1.54) is 25.3 Å². The minimum absolute atomic E-state index is 0.0108. The number of phenolic OH excluding ortho intramolecular Hbond substituents is 1. The Labute approximate surface area is 179 Å². The number of nitro benzene ring substituents is 1. The van der Waals surface area contributed by atoms with Crippen LogP contribution in [0, 0.1) is 10.1 Å². The van der Waals surface area contributed by atoms with Gasteiger partial charge in [0, 0.05) is 34.6 Å². The predicted molar refractivity (Wildman–Crippen MR) is 117 cm³/mol. The van der Waals surface area contributed by atoms with E-state index in [0.717, 1.165) is 4.47 Å². The quantitative estimate of drug-likeness (QED) is 0.249. The first-order chi connectivity index (χ1) is 14.5. The van der Waals surface area contributed by atoms with Crippen molar-refractivity contribution in [1.29, 1.82) is 0 Å². The van der Waals surface area contributed by atoms with Crippen molar-refractivity contribution in [2.75, 3.05) is 7.11 Å². The molecule has 0 aliphatic carbocycles. The van der Waals surface area contributed by atoms with Gasteiger partial charge in [-0.2, -0.15) is 0 Å². The normalized spacial score (nSPS) is 11.3. The zero-order valence-electron chi connectivity index (χ0n) is 15.7. The number of aliphatic imine (C=N–C) groups is 1. The van der Waals surface area contributed by atoms with Gasteiger partial charge in [0.2, 0.25) is 0 Å². The Balaban J connectivity index is 1.87. The number of hydrogen-bond donors (Lipinski definition) is 1. The number of fused-ring (bicyclic) bond motifs is 1. The topological polar surface area (TPSA) is 102 Å². The van der Waals surface area contributed by atoms with Gasteiger partial charge in [0.15, 0.2) is 17.3 Å². The van der Waals surface area contributed by atoms with Crippen molar-refractivity contribution >= 4 is 39.3 Å². The first kappa shape index (κ1) is 19.6. The van der Waals surface area contributed by atoms with E-state index in [0.29, 0.717) is 34.0 Å². The first-order valence-electron chi connectivity index (χ1n) is 8.80. The third kappa shape index (κ3) is 3.74.